The van der Waals surface area contributed by atoms with Gasteiger partial charge >= 0.3 is 0 Å². The quantitative estimate of drug-likeness (QED) is 0.786. The number of para-hydroxylation sites is 1. The zero-order chi connectivity index (χ0) is 10.7. The summed E-state index contributed by atoms with van der Waals surface area (Å²) in [7, 11) is 0. The molecule has 1 atom stereocenters. The maximum Gasteiger partial charge on any atom is 0.0638 e. The number of ether oxygens (including phenoxy) is 1. The number of hydrogen-bond donors (Lipinski definition) is 1. The third-order valence-electron chi connectivity index (χ3n) is 2.86. The van der Waals surface area contributed by atoms with Crippen LogP contribution in [0.25, 0.3) is 0 Å². The van der Waals surface area contributed by atoms with Gasteiger partial charge in [-0.2, -0.15) is 0 Å². The number of halogens is 1. The molecule has 0 saturated carbocycles. The predicted molar refractivity (Wildman–Crippen MR) is 63.2 cm³/mol. The first kappa shape index (κ1) is 10.8. The van der Waals surface area contributed by atoms with E-state index in [1.807, 2.05) is 18.2 Å². The van der Waals surface area contributed by atoms with Crippen molar-refractivity contribution in [1.29, 1.82) is 0 Å². The summed E-state index contributed by atoms with van der Waals surface area (Å²) in [5.74, 6) is 0. The lowest BCUT2D eigenvalue weighted by atomic mass is 10.0. The molecule has 0 spiro atoms. The first-order chi connectivity index (χ1) is 7.27. The van der Waals surface area contributed by atoms with Gasteiger partial charge in [0.1, 0.15) is 0 Å². The molecule has 2 nitrogen and oxygen atoms in total. The predicted octanol–water partition coefficient (Wildman–Crippen LogP) is 3.03. The van der Waals surface area contributed by atoms with Crippen LogP contribution in [0.2, 0.25) is 5.02 Å². The monoisotopic (exact) mass is 225 g/mol. The van der Waals surface area contributed by atoms with Crippen molar-refractivity contribution in [3.05, 3.63) is 28.8 Å². The fourth-order valence-corrected chi connectivity index (χ4v) is 2.17. The van der Waals surface area contributed by atoms with E-state index in [4.69, 9.17) is 22.1 Å². The molecule has 1 unspecified atom stereocenters. The maximum atomic E-state index is 5.97. The van der Waals surface area contributed by atoms with Crippen LogP contribution in [0.1, 0.15) is 24.8 Å². The molecule has 1 aliphatic rings. The summed E-state index contributed by atoms with van der Waals surface area (Å²) in [6.07, 6.45) is 4.77. The van der Waals surface area contributed by atoms with Crippen molar-refractivity contribution in [2.75, 3.05) is 12.3 Å². The lowest BCUT2D eigenvalue weighted by molar-refractivity contribution is 0.0169. The Morgan fingerprint density at radius 3 is 3.00 bits per heavy atom. The third kappa shape index (κ3) is 2.64. The van der Waals surface area contributed by atoms with Crippen LogP contribution in [-0.2, 0) is 11.2 Å². The summed E-state index contributed by atoms with van der Waals surface area (Å²) in [5.41, 5.74) is 7.72. The molecule has 1 heterocycles. The van der Waals surface area contributed by atoms with Gasteiger partial charge in [0.05, 0.1) is 16.8 Å². The molecule has 1 aliphatic heterocycles. The van der Waals surface area contributed by atoms with Gasteiger partial charge in [0, 0.05) is 13.0 Å². The third-order valence-corrected chi connectivity index (χ3v) is 3.19. The van der Waals surface area contributed by atoms with Crippen LogP contribution in [0.15, 0.2) is 18.2 Å². The summed E-state index contributed by atoms with van der Waals surface area (Å²) in [6, 6.07) is 5.79. The fourth-order valence-electron chi connectivity index (χ4n) is 1.97. The normalized spacial score (nSPS) is 21.5. The molecule has 1 fully saturated rings. The van der Waals surface area contributed by atoms with Crippen molar-refractivity contribution in [1.82, 2.24) is 0 Å². The van der Waals surface area contributed by atoms with Crippen molar-refractivity contribution in [3.63, 3.8) is 0 Å². The highest BCUT2D eigenvalue weighted by atomic mass is 35.5. The minimum absolute atomic E-state index is 0.319. The van der Waals surface area contributed by atoms with Crippen LogP contribution >= 0.6 is 11.6 Å². The van der Waals surface area contributed by atoms with Crippen molar-refractivity contribution >= 4 is 17.3 Å². The van der Waals surface area contributed by atoms with E-state index in [1.165, 1.54) is 12.8 Å². The molecule has 82 valence electrons. The molecular weight excluding hydrogens is 210 g/mol. The summed E-state index contributed by atoms with van der Waals surface area (Å²) < 4.78 is 5.68. The minimum Gasteiger partial charge on any atom is -0.397 e. The smallest absolute Gasteiger partial charge is 0.0638 e. The van der Waals surface area contributed by atoms with E-state index in [0.29, 0.717) is 16.8 Å². The Morgan fingerprint density at radius 2 is 2.27 bits per heavy atom. The Morgan fingerprint density at radius 1 is 1.40 bits per heavy atom. The first-order valence-corrected chi connectivity index (χ1v) is 5.79. The first-order valence-electron chi connectivity index (χ1n) is 5.42. The molecule has 1 aromatic rings. The molecule has 15 heavy (non-hydrogen) atoms. The number of anilines is 1. The zero-order valence-corrected chi connectivity index (χ0v) is 9.46. The van der Waals surface area contributed by atoms with Crippen molar-refractivity contribution < 1.29 is 4.74 Å². The van der Waals surface area contributed by atoms with Gasteiger partial charge in [-0.05, 0) is 30.9 Å². The molecular formula is C12H16ClNO. The van der Waals surface area contributed by atoms with Gasteiger partial charge in [-0.1, -0.05) is 23.7 Å². The fraction of sp³-hybridized carbons (Fsp3) is 0.500. The van der Waals surface area contributed by atoms with Crippen LogP contribution in [0, 0.1) is 0 Å². The number of benzene rings is 1. The number of hydrogen-bond acceptors (Lipinski definition) is 2. The Kier molecular flexibility index (Phi) is 3.49. The van der Waals surface area contributed by atoms with Gasteiger partial charge in [0.25, 0.3) is 0 Å². The number of nitrogen functional groups attached to an aromatic ring is 1. The SMILES string of the molecule is Nc1c(Cl)cccc1CC1CCCCO1. The number of nitrogens with two attached hydrogens (primary N) is 1. The van der Waals surface area contributed by atoms with E-state index < -0.39 is 0 Å². The second kappa shape index (κ2) is 4.86. The van der Waals surface area contributed by atoms with E-state index in [9.17, 15) is 0 Å². The number of rotatable bonds is 2. The Bertz CT molecular complexity index is 334. The molecule has 1 aromatic carbocycles. The van der Waals surface area contributed by atoms with Gasteiger partial charge in [0.15, 0.2) is 0 Å². The van der Waals surface area contributed by atoms with Crippen LogP contribution in [0.5, 0.6) is 0 Å². The molecule has 0 radical (unpaired) electrons. The van der Waals surface area contributed by atoms with Crippen LogP contribution in [0.4, 0.5) is 5.69 Å². The molecule has 2 rings (SSSR count). The van der Waals surface area contributed by atoms with E-state index in [0.717, 1.165) is 25.0 Å². The van der Waals surface area contributed by atoms with E-state index in [2.05, 4.69) is 0 Å². The summed E-state index contributed by atoms with van der Waals surface area (Å²) in [4.78, 5) is 0. The van der Waals surface area contributed by atoms with E-state index >= 15 is 0 Å². The Hall–Kier alpha value is -0.730. The molecule has 2 N–H and O–H groups in total. The average Bonchev–Trinajstić information content (AvgIpc) is 2.26. The average molecular weight is 226 g/mol. The second-order valence-electron chi connectivity index (χ2n) is 4.01. The maximum absolute atomic E-state index is 5.97. The van der Waals surface area contributed by atoms with E-state index in [-0.39, 0.29) is 0 Å². The zero-order valence-electron chi connectivity index (χ0n) is 8.71. The second-order valence-corrected chi connectivity index (χ2v) is 4.41. The standard InChI is InChI=1S/C12H16ClNO/c13-11-6-3-4-9(12(11)14)8-10-5-1-2-7-15-10/h3-4,6,10H,1-2,5,7-8,14H2. The van der Waals surface area contributed by atoms with Crippen molar-refractivity contribution in [2.45, 2.75) is 31.8 Å². The van der Waals surface area contributed by atoms with Gasteiger partial charge in [-0.25, -0.2) is 0 Å². The molecule has 1 saturated heterocycles. The Labute approximate surface area is 95.4 Å². The topological polar surface area (TPSA) is 35.2 Å². The minimum atomic E-state index is 0.319. The molecule has 0 aromatic heterocycles. The Balaban J connectivity index is 2.06. The molecule has 3 heteroatoms. The summed E-state index contributed by atoms with van der Waals surface area (Å²) in [5, 5.41) is 0.642. The van der Waals surface area contributed by atoms with Gasteiger partial charge in [-0.15, -0.1) is 0 Å². The van der Waals surface area contributed by atoms with Gasteiger partial charge < -0.3 is 10.5 Å². The van der Waals surface area contributed by atoms with Gasteiger partial charge in [-0.3, -0.25) is 0 Å². The highest BCUT2D eigenvalue weighted by Crippen LogP contribution is 2.26. The molecule has 0 aliphatic carbocycles. The highest BCUT2D eigenvalue weighted by Gasteiger charge is 2.15. The lowest BCUT2D eigenvalue weighted by Crippen LogP contribution is -2.21. The molecule has 0 amide bonds. The highest BCUT2D eigenvalue weighted by molar-refractivity contribution is 6.33. The lowest BCUT2D eigenvalue weighted by Gasteiger charge is -2.23. The molecule has 0 bridgehead atoms. The van der Waals surface area contributed by atoms with Crippen LogP contribution in [0.3, 0.4) is 0 Å². The van der Waals surface area contributed by atoms with E-state index in [1.54, 1.807) is 0 Å². The van der Waals surface area contributed by atoms with Gasteiger partial charge in [0.2, 0.25) is 0 Å². The summed E-state index contributed by atoms with van der Waals surface area (Å²) >= 11 is 5.97. The van der Waals surface area contributed by atoms with Crippen molar-refractivity contribution in [3.8, 4) is 0 Å². The largest absolute Gasteiger partial charge is 0.397 e. The van der Waals surface area contributed by atoms with Crippen molar-refractivity contribution in [2.24, 2.45) is 0 Å². The summed E-state index contributed by atoms with van der Waals surface area (Å²) in [6.45, 7) is 0.880. The van der Waals surface area contributed by atoms with Crippen LogP contribution < -0.4 is 5.73 Å². The van der Waals surface area contributed by atoms with Crippen LogP contribution in [-0.4, -0.2) is 12.7 Å².